The lowest BCUT2D eigenvalue weighted by Gasteiger charge is -2.19. The molecule has 2 aromatic heterocycles. The van der Waals surface area contributed by atoms with Gasteiger partial charge < -0.3 is 5.73 Å². The van der Waals surface area contributed by atoms with Gasteiger partial charge in [0.15, 0.2) is 5.65 Å². The van der Waals surface area contributed by atoms with Gasteiger partial charge >= 0.3 is 0 Å². The van der Waals surface area contributed by atoms with Crippen LogP contribution in [0.3, 0.4) is 0 Å². The van der Waals surface area contributed by atoms with Crippen molar-refractivity contribution in [1.29, 1.82) is 0 Å². The molecule has 1 saturated carbocycles. The first-order chi connectivity index (χ1) is 8.38. The van der Waals surface area contributed by atoms with Gasteiger partial charge in [0.05, 0.1) is 0 Å². The first-order valence-electron chi connectivity index (χ1n) is 6.42. The first-order valence-corrected chi connectivity index (χ1v) is 6.42. The van der Waals surface area contributed by atoms with Crippen LogP contribution in [-0.4, -0.2) is 14.6 Å². The van der Waals surface area contributed by atoms with Crippen LogP contribution in [0.4, 0.5) is 0 Å². The van der Waals surface area contributed by atoms with Gasteiger partial charge in [-0.1, -0.05) is 25.3 Å². The number of hydrogen-bond acceptors (Lipinski definition) is 3. The summed E-state index contributed by atoms with van der Waals surface area (Å²) in [6.45, 7) is 0.568. The molecule has 0 amide bonds. The van der Waals surface area contributed by atoms with E-state index in [1.54, 1.807) is 0 Å². The fraction of sp³-hybridized carbons (Fsp3) is 0.538. The molecule has 1 aliphatic rings. The monoisotopic (exact) mass is 230 g/mol. The van der Waals surface area contributed by atoms with Crippen LogP contribution < -0.4 is 5.73 Å². The van der Waals surface area contributed by atoms with Crippen molar-refractivity contribution in [3.8, 4) is 0 Å². The topological polar surface area (TPSA) is 56.2 Å². The second kappa shape index (κ2) is 4.45. The summed E-state index contributed by atoms with van der Waals surface area (Å²) in [6.07, 6.45) is 8.56. The normalized spacial score (nSPS) is 17.7. The Bertz CT molecular complexity index is 511. The van der Waals surface area contributed by atoms with E-state index in [4.69, 9.17) is 5.73 Å². The minimum atomic E-state index is 0.568. The van der Waals surface area contributed by atoms with Crippen molar-refractivity contribution in [2.24, 2.45) is 5.73 Å². The van der Waals surface area contributed by atoms with E-state index in [-0.39, 0.29) is 0 Å². The van der Waals surface area contributed by atoms with Gasteiger partial charge in [0.1, 0.15) is 5.82 Å². The molecule has 0 atom stereocenters. The Morgan fingerprint density at radius 2 is 2.00 bits per heavy atom. The molecule has 4 nitrogen and oxygen atoms in total. The van der Waals surface area contributed by atoms with Gasteiger partial charge in [-0.25, -0.2) is 0 Å². The minimum Gasteiger partial charge on any atom is -0.326 e. The number of nitrogens with two attached hydrogens (primary N) is 1. The van der Waals surface area contributed by atoms with Crippen molar-refractivity contribution >= 4 is 5.65 Å². The van der Waals surface area contributed by atoms with E-state index in [9.17, 15) is 0 Å². The Kier molecular flexibility index (Phi) is 2.81. The number of rotatable bonds is 2. The van der Waals surface area contributed by atoms with Crippen molar-refractivity contribution in [3.05, 3.63) is 29.7 Å². The molecular weight excluding hydrogens is 212 g/mol. The molecule has 0 radical (unpaired) electrons. The molecule has 0 saturated heterocycles. The van der Waals surface area contributed by atoms with Crippen molar-refractivity contribution < 1.29 is 0 Å². The SMILES string of the molecule is NCc1ccc2nnc(C3CCCCC3)n2c1. The molecule has 4 heteroatoms. The zero-order chi connectivity index (χ0) is 11.7. The van der Waals surface area contributed by atoms with Crippen LogP contribution >= 0.6 is 0 Å². The molecule has 2 aromatic rings. The van der Waals surface area contributed by atoms with Gasteiger partial charge in [0.2, 0.25) is 0 Å². The second-order valence-corrected chi connectivity index (χ2v) is 4.86. The van der Waals surface area contributed by atoms with Gasteiger partial charge in [-0.3, -0.25) is 4.40 Å². The molecule has 0 bridgehead atoms. The lowest BCUT2D eigenvalue weighted by atomic mass is 9.89. The van der Waals surface area contributed by atoms with Gasteiger partial charge in [-0.15, -0.1) is 10.2 Å². The zero-order valence-electron chi connectivity index (χ0n) is 9.97. The predicted molar refractivity (Wildman–Crippen MR) is 66.7 cm³/mol. The zero-order valence-corrected chi connectivity index (χ0v) is 9.97. The number of nitrogens with zero attached hydrogens (tertiary/aromatic N) is 3. The Morgan fingerprint density at radius 3 is 2.76 bits per heavy atom. The van der Waals surface area contributed by atoms with Crippen LogP contribution in [0.1, 0.15) is 49.4 Å². The summed E-state index contributed by atoms with van der Waals surface area (Å²) in [7, 11) is 0. The predicted octanol–water partition coefficient (Wildman–Crippen LogP) is 2.24. The summed E-state index contributed by atoms with van der Waals surface area (Å²) in [5.74, 6) is 1.70. The largest absolute Gasteiger partial charge is 0.326 e. The number of pyridine rings is 1. The van der Waals surface area contributed by atoms with Crippen molar-refractivity contribution in [2.75, 3.05) is 0 Å². The van der Waals surface area contributed by atoms with Crippen molar-refractivity contribution in [1.82, 2.24) is 14.6 Å². The molecule has 90 valence electrons. The Hall–Kier alpha value is -1.42. The van der Waals surface area contributed by atoms with E-state index in [0.717, 1.165) is 17.0 Å². The molecule has 3 rings (SSSR count). The van der Waals surface area contributed by atoms with E-state index in [1.165, 1.54) is 32.1 Å². The molecule has 0 spiro atoms. The third-order valence-corrected chi connectivity index (χ3v) is 3.70. The lowest BCUT2D eigenvalue weighted by Crippen LogP contribution is -2.09. The van der Waals surface area contributed by atoms with Crippen LogP contribution in [0.2, 0.25) is 0 Å². The van der Waals surface area contributed by atoms with E-state index in [2.05, 4.69) is 20.8 Å². The fourth-order valence-corrected chi connectivity index (χ4v) is 2.71. The van der Waals surface area contributed by atoms with Gasteiger partial charge in [0, 0.05) is 18.7 Å². The summed E-state index contributed by atoms with van der Waals surface area (Å²) in [5.41, 5.74) is 7.75. The quantitative estimate of drug-likeness (QED) is 0.860. The molecule has 17 heavy (non-hydrogen) atoms. The molecule has 0 aromatic carbocycles. The highest BCUT2D eigenvalue weighted by atomic mass is 15.2. The van der Waals surface area contributed by atoms with E-state index >= 15 is 0 Å². The Morgan fingerprint density at radius 1 is 1.18 bits per heavy atom. The molecule has 0 aliphatic heterocycles. The highest BCUT2D eigenvalue weighted by Crippen LogP contribution is 2.31. The molecule has 1 aliphatic carbocycles. The molecular formula is C13H18N4. The van der Waals surface area contributed by atoms with E-state index < -0.39 is 0 Å². The van der Waals surface area contributed by atoms with Crippen LogP contribution in [-0.2, 0) is 6.54 Å². The summed E-state index contributed by atoms with van der Waals surface area (Å²) < 4.78 is 2.12. The van der Waals surface area contributed by atoms with Crippen LogP contribution in [0.5, 0.6) is 0 Å². The average molecular weight is 230 g/mol. The maximum absolute atomic E-state index is 5.68. The number of fused-ring (bicyclic) bond motifs is 1. The molecule has 1 fully saturated rings. The smallest absolute Gasteiger partial charge is 0.160 e. The average Bonchev–Trinajstić information content (AvgIpc) is 2.82. The third-order valence-electron chi connectivity index (χ3n) is 3.70. The van der Waals surface area contributed by atoms with Crippen LogP contribution in [0, 0.1) is 0 Å². The fourth-order valence-electron chi connectivity index (χ4n) is 2.71. The van der Waals surface area contributed by atoms with E-state index in [1.807, 2.05) is 12.1 Å². The second-order valence-electron chi connectivity index (χ2n) is 4.86. The highest BCUT2D eigenvalue weighted by Gasteiger charge is 2.20. The number of aromatic nitrogens is 3. The van der Waals surface area contributed by atoms with Crippen molar-refractivity contribution in [3.63, 3.8) is 0 Å². The van der Waals surface area contributed by atoms with Crippen molar-refractivity contribution in [2.45, 2.75) is 44.6 Å². The Labute approximate surface area is 101 Å². The van der Waals surface area contributed by atoms with Gasteiger partial charge in [0.25, 0.3) is 0 Å². The van der Waals surface area contributed by atoms with Gasteiger partial charge in [-0.2, -0.15) is 0 Å². The van der Waals surface area contributed by atoms with Crippen LogP contribution in [0.15, 0.2) is 18.3 Å². The molecule has 2 N–H and O–H groups in total. The molecule has 2 heterocycles. The van der Waals surface area contributed by atoms with Crippen LogP contribution in [0.25, 0.3) is 5.65 Å². The molecule has 0 unspecified atom stereocenters. The maximum atomic E-state index is 5.68. The standard InChI is InChI=1S/C13H18N4/c14-8-10-6-7-12-15-16-13(17(12)9-10)11-4-2-1-3-5-11/h6-7,9,11H,1-5,8,14H2. The lowest BCUT2D eigenvalue weighted by molar-refractivity contribution is 0.426. The number of hydrogen-bond donors (Lipinski definition) is 1. The van der Waals surface area contributed by atoms with E-state index in [0.29, 0.717) is 12.5 Å². The first kappa shape index (κ1) is 10.7. The van der Waals surface area contributed by atoms with Gasteiger partial charge in [-0.05, 0) is 24.5 Å². The summed E-state index contributed by atoms with van der Waals surface area (Å²) >= 11 is 0. The Balaban J connectivity index is 2.02. The summed E-state index contributed by atoms with van der Waals surface area (Å²) in [6, 6.07) is 4.02. The third kappa shape index (κ3) is 1.93. The minimum absolute atomic E-state index is 0.568. The summed E-state index contributed by atoms with van der Waals surface area (Å²) in [5, 5.41) is 8.61. The summed E-state index contributed by atoms with van der Waals surface area (Å²) in [4.78, 5) is 0. The highest BCUT2D eigenvalue weighted by molar-refractivity contribution is 5.40. The maximum Gasteiger partial charge on any atom is 0.160 e.